The van der Waals surface area contributed by atoms with Gasteiger partial charge in [-0.2, -0.15) is 13.1 Å². The second-order valence-corrected chi connectivity index (χ2v) is 6.02. The number of hydrogen-bond donors (Lipinski definition) is 3. The van der Waals surface area contributed by atoms with Gasteiger partial charge in [-0.05, 0) is 24.1 Å². The molecule has 0 fully saturated rings. The Morgan fingerprint density at radius 2 is 2.06 bits per heavy atom. The van der Waals surface area contributed by atoms with Crippen molar-refractivity contribution in [2.75, 3.05) is 17.0 Å². The van der Waals surface area contributed by atoms with Gasteiger partial charge in [0.25, 0.3) is 10.2 Å². The fraction of sp³-hybridized carbons (Fsp3) is 0.400. The molecule has 96 valence electrons. The lowest BCUT2D eigenvalue weighted by atomic mass is 10.2. The number of hydrogen-bond acceptors (Lipinski definition) is 3. The minimum absolute atomic E-state index is 0.225. The third-order valence-electron chi connectivity index (χ3n) is 1.94. The Kier molecular flexibility index (Phi) is 4.62. The van der Waals surface area contributed by atoms with Gasteiger partial charge in [-0.3, -0.25) is 4.72 Å². The van der Waals surface area contributed by atoms with Crippen molar-refractivity contribution >= 4 is 33.2 Å². The first kappa shape index (κ1) is 14.1. The van der Waals surface area contributed by atoms with Crippen molar-refractivity contribution in [3.8, 4) is 0 Å². The van der Waals surface area contributed by atoms with Crippen molar-refractivity contribution in [3.05, 3.63) is 23.2 Å². The van der Waals surface area contributed by atoms with E-state index >= 15 is 0 Å². The second-order valence-electron chi connectivity index (χ2n) is 4.08. The Bertz CT molecular complexity index is 488. The number of nitrogens with one attached hydrogen (secondary N) is 2. The molecular formula is C10H16ClN3O2S. The van der Waals surface area contributed by atoms with Crippen molar-refractivity contribution in [2.24, 2.45) is 5.92 Å². The van der Waals surface area contributed by atoms with Crippen LogP contribution < -0.4 is 15.2 Å². The van der Waals surface area contributed by atoms with Crippen LogP contribution in [0.4, 0.5) is 11.4 Å². The van der Waals surface area contributed by atoms with Gasteiger partial charge in [0.15, 0.2) is 0 Å². The minimum atomic E-state index is -3.61. The van der Waals surface area contributed by atoms with Crippen molar-refractivity contribution in [1.29, 1.82) is 0 Å². The fourth-order valence-electron chi connectivity index (χ4n) is 1.07. The van der Waals surface area contributed by atoms with Crippen LogP contribution in [0.2, 0.25) is 5.02 Å². The van der Waals surface area contributed by atoms with Crippen LogP contribution >= 0.6 is 11.6 Å². The molecule has 0 radical (unpaired) electrons. The Balaban J connectivity index is 2.79. The summed E-state index contributed by atoms with van der Waals surface area (Å²) in [6.07, 6.45) is 0. The molecule has 1 aromatic carbocycles. The number of halogens is 1. The molecule has 0 spiro atoms. The molecule has 0 bridgehead atoms. The Morgan fingerprint density at radius 3 is 2.65 bits per heavy atom. The third kappa shape index (κ3) is 4.80. The number of anilines is 2. The maximum absolute atomic E-state index is 11.6. The van der Waals surface area contributed by atoms with Crippen LogP contribution in [0, 0.1) is 5.92 Å². The summed E-state index contributed by atoms with van der Waals surface area (Å²) in [5.74, 6) is 0.225. The fourth-order valence-corrected chi connectivity index (χ4v) is 2.34. The predicted molar refractivity (Wildman–Crippen MR) is 71.2 cm³/mol. The largest absolute Gasteiger partial charge is 0.397 e. The third-order valence-corrected chi connectivity index (χ3v) is 3.21. The molecule has 0 saturated carbocycles. The van der Waals surface area contributed by atoms with E-state index in [-0.39, 0.29) is 11.6 Å². The molecule has 5 nitrogen and oxygen atoms in total. The van der Waals surface area contributed by atoms with Crippen LogP contribution in [0.5, 0.6) is 0 Å². The normalized spacial score (nSPS) is 11.8. The second kappa shape index (κ2) is 5.57. The molecule has 0 aliphatic carbocycles. The summed E-state index contributed by atoms with van der Waals surface area (Å²) in [4.78, 5) is 0. The molecule has 0 atom stereocenters. The molecule has 0 unspecified atom stereocenters. The van der Waals surface area contributed by atoms with E-state index in [2.05, 4.69) is 9.44 Å². The van der Waals surface area contributed by atoms with Crippen LogP contribution in [0.3, 0.4) is 0 Å². The highest BCUT2D eigenvalue weighted by Crippen LogP contribution is 2.23. The summed E-state index contributed by atoms with van der Waals surface area (Å²) in [6, 6.07) is 4.60. The highest BCUT2D eigenvalue weighted by molar-refractivity contribution is 7.90. The zero-order valence-electron chi connectivity index (χ0n) is 9.70. The topological polar surface area (TPSA) is 84.2 Å². The van der Waals surface area contributed by atoms with Crippen molar-refractivity contribution < 1.29 is 8.42 Å². The molecule has 0 saturated heterocycles. The smallest absolute Gasteiger partial charge is 0.299 e. The quantitative estimate of drug-likeness (QED) is 0.718. The molecule has 1 aromatic rings. The first-order valence-corrected chi connectivity index (χ1v) is 6.98. The predicted octanol–water partition coefficient (Wildman–Crippen LogP) is 1.82. The van der Waals surface area contributed by atoms with E-state index in [0.29, 0.717) is 17.3 Å². The standard InChI is InChI=1S/C10H16ClN3O2S/c1-7(2)6-13-17(15,16)14-10-5-8(11)3-4-9(10)12/h3-5,7,13-14H,6,12H2,1-2H3. The van der Waals surface area contributed by atoms with Gasteiger partial charge in [0.05, 0.1) is 11.4 Å². The SMILES string of the molecule is CC(C)CNS(=O)(=O)Nc1cc(Cl)ccc1N. The van der Waals surface area contributed by atoms with E-state index in [1.807, 2.05) is 13.8 Å². The van der Waals surface area contributed by atoms with E-state index in [9.17, 15) is 8.42 Å². The van der Waals surface area contributed by atoms with Crippen LogP contribution in [-0.2, 0) is 10.2 Å². The highest BCUT2D eigenvalue weighted by Gasteiger charge is 2.12. The van der Waals surface area contributed by atoms with E-state index in [4.69, 9.17) is 17.3 Å². The molecule has 0 aliphatic rings. The van der Waals surface area contributed by atoms with E-state index < -0.39 is 10.2 Å². The van der Waals surface area contributed by atoms with Gasteiger partial charge < -0.3 is 5.73 Å². The number of nitrogen functional groups attached to an aromatic ring is 1. The van der Waals surface area contributed by atoms with E-state index in [1.165, 1.54) is 6.07 Å². The molecular weight excluding hydrogens is 262 g/mol. The van der Waals surface area contributed by atoms with Crippen LogP contribution in [-0.4, -0.2) is 15.0 Å². The van der Waals surface area contributed by atoms with E-state index in [0.717, 1.165) is 0 Å². The van der Waals surface area contributed by atoms with Gasteiger partial charge in [0.1, 0.15) is 0 Å². The average Bonchev–Trinajstić information content (AvgIpc) is 2.20. The van der Waals surface area contributed by atoms with Gasteiger partial charge in [-0.1, -0.05) is 25.4 Å². The molecule has 17 heavy (non-hydrogen) atoms. The van der Waals surface area contributed by atoms with Gasteiger partial charge in [-0.25, -0.2) is 0 Å². The van der Waals surface area contributed by atoms with Crippen LogP contribution in [0.25, 0.3) is 0 Å². The molecule has 0 aromatic heterocycles. The molecule has 4 N–H and O–H groups in total. The molecule has 0 heterocycles. The Labute approximate surface area is 107 Å². The zero-order valence-corrected chi connectivity index (χ0v) is 11.3. The first-order chi connectivity index (χ1) is 7.80. The summed E-state index contributed by atoms with van der Waals surface area (Å²) < 4.78 is 28.0. The van der Waals surface area contributed by atoms with Crippen molar-refractivity contribution in [3.63, 3.8) is 0 Å². The van der Waals surface area contributed by atoms with Crippen molar-refractivity contribution in [1.82, 2.24) is 4.72 Å². The highest BCUT2D eigenvalue weighted by atomic mass is 35.5. The Hall–Kier alpha value is -0.980. The van der Waals surface area contributed by atoms with Gasteiger partial charge in [-0.15, -0.1) is 0 Å². The van der Waals surface area contributed by atoms with Crippen LogP contribution in [0.15, 0.2) is 18.2 Å². The lowest BCUT2D eigenvalue weighted by Gasteiger charge is -2.12. The molecule has 7 heteroatoms. The maximum Gasteiger partial charge on any atom is 0.299 e. The molecule has 0 amide bonds. The summed E-state index contributed by atoms with van der Waals surface area (Å²) in [5, 5.41) is 0.417. The summed E-state index contributed by atoms with van der Waals surface area (Å²) in [6.45, 7) is 4.18. The minimum Gasteiger partial charge on any atom is -0.397 e. The number of rotatable bonds is 5. The average molecular weight is 278 g/mol. The van der Waals surface area contributed by atoms with Crippen LogP contribution in [0.1, 0.15) is 13.8 Å². The Morgan fingerprint density at radius 1 is 1.41 bits per heavy atom. The molecule has 0 aliphatic heterocycles. The summed E-state index contributed by atoms with van der Waals surface area (Å²) in [7, 11) is -3.61. The monoisotopic (exact) mass is 277 g/mol. The number of benzene rings is 1. The molecule has 1 rings (SSSR count). The zero-order chi connectivity index (χ0) is 13.1. The summed E-state index contributed by atoms with van der Waals surface area (Å²) >= 11 is 5.76. The summed E-state index contributed by atoms with van der Waals surface area (Å²) in [5.41, 5.74) is 6.23. The van der Waals surface area contributed by atoms with Gasteiger partial charge in [0.2, 0.25) is 0 Å². The number of nitrogens with two attached hydrogens (primary N) is 1. The lowest BCUT2D eigenvalue weighted by molar-refractivity contribution is 0.565. The first-order valence-electron chi connectivity index (χ1n) is 5.12. The van der Waals surface area contributed by atoms with Gasteiger partial charge in [0, 0.05) is 11.6 Å². The van der Waals surface area contributed by atoms with Crippen molar-refractivity contribution in [2.45, 2.75) is 13.8 Å². The lowest BCUT2D eigenvalue weighted by Crippen LogP contribution is -2.33. The maximum atomic E-state index is 11.6. The van der Waals surface area contributed by atoms with E-state index in [1.54, 1.807) is 12.1 Å². The van der Waals surface area contributed by atoms with Gasteiger partial charge >= 0.3 is 0 Å².